The number of para-hydroxylation sites is 1. The van der Waals surface area contributed by atoms with Crippen molar-refractivity contribution < 1.29 is 32.2 Å². The summed E-state index contributed by atoms with van der Waals surface area (Å²) in [7, 11) is 0. The molecule has 1 aliphatic rings. The van der Waals surface area contributed by atoms with Crippen LogP contribution in [-0.2, 0) is 17.6 Å². The number of rotatable bonds is 10. The molecule has 4 rings (SSSR count). The van der Waals surface area contributed by atoms with Gasteiger partial charge in [-0.3, -0.25) is 4.90 Å². The minimum Gasteiger partial charge on any atom is -0.491 e. The maximum absolute atomic E-state index is 13.2. The lowest BCUT2D eigenvalue weighted by molar-refractivity contribution is -0.137. The van der Waals surface area contributed by atoms with Crippen molar-refractivity contribution >= 4 is 5.71 Å². The first kappa shape index (κ1) is 25.7. The van der Waals surface area contributed by atoms with Crippen LogP contribution in [-0.4, -0.2) is 47.6 Å². The molecule has 5 nitrogen and oxygen atoms in total. The highest BCUT2D eigenvalue weighted by Gasteiger charge is 2.31. The third-order valence-electron chi connectivity index (χ3n) is 5.69. The summed E-state index contributed by atoms with van der Waals surface area (Å²) in [5.41, 5.74) is 1.12. The van der Waals surface area contributed by atoms with Gasteiger partial charge in [-0.25, -0.2) is 4.39 Å². The van der Waals surface area contributed by atoms with Crippen molar-refractivity contribution in [1.29, 1.82) is 0 Å². The fraction of sp³-hybridized carbons (Fsp3) is 0.296. The number of alkyl halides is 3. The largest absolute Gasteiger partial charge is 0.491 e. The molecule has 1 heterocycles. The molecule has 3 aromatic carbocycles. The SMILES string of the molecule is O[C@@H](COc1ccccc1)CN(Cc1cccc(C(F)(F)F)c1)C[C@H]1CC(c2ccc(F)cc2)=NO1. The highest BCUT2D eigenvalue weighted by atomic mass is 19.4. The zero-order chi connectivity index (χ0) is 25.5. The molecule has 190 valence electrons. The van der Waals surface area contributed by atoms with Gasteiger partial charge < -0.3 is 14.7 Å². The van der Waals surface area contributed by atoms with Gasteiger partial charge in [0.2, 0.25) is 0 Å². The summed E-state index contributed by atoms with van der Waals surface area (Å²) in [6.45, 7) is 0.645. The van der Waals surface area contributed by atoms with Crippen LogP contribution in [0.1, 0.15) is 23.1 Å². The Kier molecular flexibility index (Phi) is 8.22. The third-order valence-corrected chi connectivity index (χ3v) is 5.69. The Morgan fingerprint density at radius 2 is 1.78 bits per heavy atom. The summed E-state index contributed by atoms with van der Waals surface area (Å²) < 4.78 is 58.5. The molecule has 2 atom stereocenters. The van der Waals surface area contributed by atoms with E-state index in [0.29, 0.717) is 30.0 Å². The molecule has 9 heteroatoms. The molecule has 36 heavy (non-hydrogen) atoms. The highest BCUT2D eigenvalue weighted by Crippen LogP contribution is 2.30. The monoisotopic (exact) mass is 502 g/mol. The van der Waals surface area contributed by atoms with Crippen molar-refractivity contribution in [3.8, 4) is 5.75 Å². The summed E-state index contributed by atoms with van der Waals surface area (Å²) in [5, 5.41) is 14.7. The van der Waals surface area contributed by atoms with Crippen LogP contribution in [0.15, 0.2) is 84.0 Å². The number of hydrogen-bond acceptors (Lipinski definition) is 5. The molecule has 0 aromatic heterocycles. The number of oxime groups is 1. The van der Waals surface area contributed by atoms with Crippen LogP contribution in [0.5, 0.6) is 5.75 Å². The zero-order valence-electron chi connectivity index (χ0n) is 19.4. The molecule has 1 aliphatic heterocycles. The van der Waals surface area contributed by atoms with Crippen LogP contribution < -0.4 is 4.74 Å². The van der Waals surface area contributed by atoms with E-state index in [4.69, 9.17) is 9.57 Å². The average Bonchev–Trinajstić information content (AvgIpc) is 3.32. The van der Waals surface area contributed by atoms with E-state index in [2.05, 4.69) is 5.16 Å². The van der Waals surface area contributed by atoms with E-state index in [-0.39, 0.29) is 31.6 Å². The van der Waals surface area contributed by atoms with Crippen LogP contribution >= 0.6 is 0 Å². The third kappa shape index (κ3) is 7.29. The van der Waals surface area contributed by atoms with E-state index in [1.54, 1.807) is 30.3 Å². The second-order valence-electron chi connectivity index (χ2n) is 8.65. The molecule has 3 aromatic rings. The maximum atomic E-state index is 13.2. The molecule has 0 unspecified atom stereocenters. The van der Waals surface area contributed by atoms with E-state index in [1.807, 2.05) is 23.1 Å². The Hall–Kier alpha value is -3.43. The van der Waals surface area contributed by atoms with Gasteiger partial charge in [0.1, 0.15) is 30.4 Å². The standard InChI is InChI=1S/C27H26F4N2O3/c28-22-11-9-20(10-12-22)26-14-25(36-32-26)17-33(15-19-5-4-6-21(13-19)27(29,30)31)16-23(34)18-35-24-7-2-1-3-8-24/h1-13,23,25,34H,14-18H2/t23-,25-/m1/s1. The van der Waals surface area contributed by atoms with Gasteiger partial charge in [0.15, 0.2) is 0 Å². The molecule has 0 spiro atoms. The van der Waals surface area contributed by atoms with Gasteiger partial charge >= 0.3 is 6.18 Å². The second-order valence-corrected chi connectivity index (χ2v) is 8.65. The summed E-state index contributed by atoms with van der Waals surface area (Å²) in [6, 6.07) is 20.1. The number of ether oxygens (including phenoxy) is 1. The van der Waals surface area contributed by atoms with Crippen molar-refractivity contribution in [3.05, 3.63) is 101 Å². The number of nitrogens with zero attached hydrogens (tertiary/aromatic N) is 2. The minimum atomic E-state index is -4.45. The molecule has 0 saturated carbocycles. The predicted molar refractivity (Wildman–Crippen MR) is 127 cm³/mol. The number of aliphatic hydroxyl groups excluding tert-OH is 1. The maximum Gasteiger partial charge on any atom is 0.416 e. The van der Waals surface area contributed by atoms with Crippen molar-refractivity contribution in [3.63, 3.8) is 0 Å². The van der Waals surface area contributed by atoms with Gasteiger partial charge in [0.25, 0.3) is 0 Å². The van der Waals surface area contributed by atoms with E-state index in [1.165, 1.54) is 18.2 Å². The van der Waals surface area contributed by atoms with Crippen LogP contribution in [0, 0.1) is 5.82 Å². The van der Waals surface area contributed by atoms with Gasteiger partial charge in [-0.2, -0.15) is 13.2 Å². The topological polar surface area (TPSA) is 54.3 Å². The van der Waals surface area contributed by atoms with Crippen LogP contribution in [0.4, 0.5) is 17.6 Å². The van der Waals surface area contributed by atoms with Crippen molar-refractivity contribution in [2.45, 2.75) is 31.3 Å². The Bertz CT molecular complexity index is 1150. The normalized spacial score (nSPS) is 16.5. The number of aliphatic hydroxyl groups is 1. The van der Waals surface area contributed by atoms with Crippen molar-refractivity contribution in [2.75, 3.05) is 19.7 Å². The number of hydrogen-bond donors (Lipinski definition) is 1. The lowest BCUT2D eigenvalue weighted by Crippen LogP contribution is -2.39. The zero-order valence-corrected chi connectivity index (χ0v) is 19.4. The molecule has 0 amide bonds. The molecule has 0 aliphatic carbocycles. The van der Waals surface area contributed by atoms with E-state index < -0.39 is 17.8 Å². The minimum absolute atomic E-state index is 0.0198. The van der Waals surface area contributed by atoms with E-state index >= 15 is 0 Å². The Balaban J connectivity index is 1.42. The summed E-state index contributed by atoms with van der Waals surface area (Å²) in [4.78, 5) is 7.39. The van der Waals surface area contributed by atoms with Gasteiger partial charge in [-0.1, -0.05) is 53.7 Å². The molecule has 1 N–H and O–H groups in total. The summed E-state index contributed by atoms with van der Waals surface area (Å²) in [5.74, 6) is 0.256. The Morgan fingerprint density at radius 3 is 2.50 bits per heavy atom. The van der Waals surface area contributed by atoms with Crippen LogP contribution in [0.25, 0.3) is 0 Å². The lowest BCUT2D eigenvalue weighted by atomic mass is 10.0. The Morgan fingerprint density at radius 1 is 1.03 bits per heavy atom. The van der Waals surface area contributed by atoms with Crippen molar-refractivity contribution in [2.24, 2.45) is 5.16 Å². The summed E-state index contributed by atoms with van der Waals surface area (Å²) in [6.07, 6.45) is -5.27. The molecule has 0 radical (unpaired) electrons. The van der Waals surface area contributed by atoms with E-state index in [0.717, 1.165) is 17.7 Å². The van der Waals surface area contributed by atoms with Gasteiger partial charge in [-0.15, -0.1) is 0 Å². The fourth-order valence-corrected chi connectivity index (χ4v) is 3.99. The van der Waals surface area contributed by atoms with Gasteiger partial charge in [0, 0.05) is 26.1 Å². The summed E-state index contributed by atoms with van der Waals surface area (Å²) >= 11 is 0. The number of benzene rings is 3. The first-order valence-electron chi connectivity index (χ1n) is 11.5. The molecule has 0 fully saturated rings. The molecular weight excluding hydrogens is 476 g/mol. The Labute approximate surface area is 206 Å². The van der Waals surface area contributed by atoms with E-state index in [9.17, 15) is 22.7 Å². The average molecular weight is 503 g/mol. The number of halogens is 4. The molecular formula is C27H26F4N2O3. The second kappa shape index (κ2) is 11.5. The predicted octanol–water partition coefficient (Wildman–Crippen LogP) is 5.28. The van der Waals surface area contributed by atoms with Crippen LogP contribution in [0.2, 0.25) is 0 Å². The van der Waals surface area contributed by atoms with Crippen molar-refractivity contribution in [1.82, 2.24) is 4.90 Å². The fourth-order valence-electron chi connectivity index (χ4n) is 3.99. The quantitative estimate of drug-likeness (QED) is 0.384. The van der Waals surface area contributed by atoms with Crippen LogP contribution in [0.3, 0.4) is 0 Å². The smallest absolute Gasteiger partial charge is 0.416 e. The van der Waals surface area contributed by atoms with Gasteiger partial charge in [-0.05, 0) is 41.5 Å². The first-order valence-corrected chi connectivity index (χ1v) is 11.5. The molecule has 0 saturated heterocycles. The molecule has 0 bridgehead atoms. The highest BCUT2D eigenvalue weighted by molar-refractivity contribution is 6.01. The first-order chi connectivity index (χ1) is 17.3. The van der Waals surface area contributed by atoms with Gasteiger partial charge in [0.05, 0.1) is 11.3 Å². The lowest BCUT2D eigenvalue weighted by Gasteiger charge is -2.27.